The summed E-state index contributed by atoms with van der Waals surface area (Å²) in [6.07, 6.45) is 2.28. The molecule has 0 bridgehead atoms. The van der Waals surface area contributed by atoms with E-state index in [9.17, 15) is 0 Å². The molecule has 1 N–H and O–H groups in total. The van der Waals surface area contributed by atoms with Gasteiger partial charge >= 0.3 is 0 Å². The van der Waals surface area contributed by atoms with E-state index in [0.29, 0.717) is 0 Å². The van der Waals surface area contributed by atoms with Crippen molar-refractivity contribution in [3.05, 3.63) is 130 Å². The van der Waals surface area contributed by atoms with Gasteiger partial charge in [-0.1, -0.05) is 83.9 Å². The monoisotopic (exact) mass is 389 g/mol. The molecule has 0 aliphatic rings. The first-order chi connectivity index (χ1) is 14.6. The molecule has 0 atom stereocenters. The Morgan fingerprint density at radius 1 is 0.567 bits per heavy atom. The van der Waals surface area contributed by atoms with E-state index in [1.807, 2.05) is 0 Å². The van der Waals surface area contributed by atoms with Gasteiger partial charge in [0, 0.05) is 11.4 Å². The third-order valence-corrected chi connectivity index (χ3v) is 5.15. The molecule has 0 aromatic heterocycles. The lowest BCUT2D eigenvalue weighted by Gasteiger charge is -2.12. The van der Waals surface area contributed by atoms with Crippen LogP contribution in [0.25, 0.3) is 11.6 Å². The zero-order valence-corrected chi connectivity index (χ0v) is 17.8. The van der Waals surface area contributed by atoms with Crippen LogP contribution in [-0.4, -0.2) is 0 Å². The van der Waals surface area contributed by atoms with Crippen molar-refractivity contribution in [2.24, 2.45) is 0 Å². The molecule has 4 aromatic carbocycles. The van der Waals surface area contributed by atoms with Gasteiger partial charge in [-0.15, -0.1) is 0 Å². The van der Waals surface area contributed by atoms with Crippen LogP contribution in [0.5, 0.6) is 0 Å². The number of anilines is 2. The van der Waals surface area contributed by atoms with Gasteiger partial charge in [-0.25, -0.2) is 0 Å². The molecule has 1 heteroatoms. The lowest BCUT2D eigenvalue weighted by molar-refractivity contribution is 1.36. The SMILES string of the molecule is Cc1cccc(Nc2ccc(C=C(c3ccccc3)c3cc(C)cc(C)c3)cc2)c1. The minimum Gasteiger partial charge on any atom is -0.356 e. The minimum atomic E-state index is 1.09. The number of hydrogen-bond donors (Lipinski definition) is 1. The average Bonchev–Trinajstić information content (AvgIpc) is 2.73. The van der Waals surface area contributed by atoms with Gasteiger partial charge < -0.3 is 5.32 Å². The maximum Gasteiger partial charge on any atom is 0.0386 e. The summed E-state index contributed by atoms with van der Waals surface area (Å²) in [6, 6.07) is 34.4. The Labute approximate surface area is 179 Å². The van der Waals surface area contributed by atoms with Gasteiger partial charge in [-0.2, -0.15) is 0 Å². The molecule has 0 spiro atoms. The van der Waals surface area contributed by atoms with Crippen molar-refractivity contribution in [2.75, 3.05) is 5.32 Å². The first-order valence-corrected chi connectivity index (χ1v) is 10.4. The summed E-state index contributed by atoms with van der Waals surface area (Å²) < 4.78 is 0. The Balaban J connectivity index is 1.68. The fraction of sp³-hybridized carbons (Fsp3) is 0.103. The highest BCUT2D eigenvalue weighted by molar-refractivity contribution is 5.91. The molecule has 0 unspecified atom stereocenters. The predicted molar refractivity (Wildman–Crippen MR) is 130 cm³/mol. The quantitative estimate of drug-likeness (QED) is 0.342. The molecule has 1 nitrogen and oxygen atoms in total. The second-order valence-corrected chi connectivity index (χ2v) is 7.92. The molecule has 0 saturated carbocycles. The fourth-order valence-corrected chi connectivity index (χ4v) is 3.80. The van der Waals surface area contributed by atoms with Crippen molar-refractivity contribution in [1.29, 1.82) is 0 Å². The van der Waals surface area contributed by atoms with Crippen molar-refractivity contribution in [1.82, 2.24) is 0 Å². The Bertz CT molecular complexity index is 1150. The second-order valence-electron chi connectivity index (χ2n) is 7.92. The molecular weight excluding hydrogens is 362 g/mol. The standard InChI is InChI=1S/C29H27N/c1-21-8-7-11-28(19-21)30-27-14-12-24(13-15-27)20-29(25-9-5-4-6-10-25)26-17-22(2)16-23(3)18-26/h4-20,30H,1-3H3. The van der Waals surface area contributed by atoms with Crippen LogP contribution >= 0.6 is 0 Å². The molecule has 0 aliphatic heterocycles. The number of hydrogen-bond acceptors (Lipinski definition) is 1. The van der Waals surface area contributed by atoms with Crippen LogP contribution < -0.4 is 5.32 Å². The lowest BCUT2D eigenvalue weighted by atomic mass is 9.93. The highest BCUT2D eigenvalue weighted by Gasteiger charge is 2.07. The molecule has 4 aromatic rings. The zero-order chi connectivity index (χ0) is 20.9. The molecule has 4 rings (SSSR count). The summed E-state index contributed by atoms with van der Waals surface area (Å²) in [6.45, 7) is 6.42. The van der Waals surface area contributed by atoms with E-state index in [1.165, 1.54) is 39.0 Å². The maximum atomic E-state index is 3.48. The van der Waals surface area contributed by atoms with Gasteiger partial charge in [0.25, 0.3) is 0 Å². The molecule has 0 fully saturated rings. The summed E-state index contributed by atoms with van der Waals surface area (Å²) in [4.78, 5) is 0. The molecule has 0 radical (unpaired) electrons. The van der Waals surface area contributed by atoms with Crippen molar-refractivity contribution in [3.8, 4) is 0 Å². The molecule has 0 heterocycles. The number of rotatable bonds is 5. The molecule has 0 amide bonds. The van der Waals surface area contributed by atoms with E-state index in [-0.39, 0.29) is 0 Å². The van der Waals surface area contributed by atoms with Crippen LogP contribution in [-0.2, 0) is 0 Å². The van der Waals surface area contributed by atoms with E-state index in [2.05, 4.69) is 129 Å². The average molecular weight is 390 g/mol. The minimum absolute atomic E-state index is 1.09. The van der Waals surface area contributed by atoms with Crippen LogP contribution in [0.3, 0.4) is 0 Å². The third kappa shape index (κ3) is 4.87. The first-order valence-electron chi connectivity index (χ1n) is 10.4. The van der Waals surface area contributed by atoms with E-state index in [0.717, 1.165) is 11.4 Å². The number of aryl methyl sites for hydroxylation is 3. The Morgan fingerprint density at radius 2 is 1.27 bits per heavy atom. The van der Waals surface area contributed by atoms with Gasteiger partial charge in [-0.3, -0.25) is 0 Å². The smallest absolute Gasteiger partial charge is 0.0386 e. The van der Waals surface area contributed by atoms with E-state index >= 15 is 0 Å². The normalized spacial score (nSPS) is 11.4. The highest BCUT2D eigenvalue weighted by Crippen LogP contribution is 2.28. The highest BCUT2D eigenvalue weighted by atomic mass is 14.9. The van der Waals surface area contributed by atoms with Gasteiger partial charge in [0.05, 0.1) is 0 Å². The van der Waals surface area contributed by atoms with Gasteiger partial charge in [-0.05, 0) is 78.9 Å². The first kappa shape index (κ1) is 19.7. The summed E-state index contributed by atoms with van der Waals surface area (Å²) in [7, 11) is 0. The van der Waals surface area contributed by atoms with Crippen molar-refractivity contribution >= 4 is 23.0 Å². The van der Waals surface area contributed by atoms with Crippen LogP contribution in [0.4, 0.5) is 11.4 Å². The largest absolute Gasteiger partial charge is 0.356 e. The fourth-order valence-electron chi connectivity index (χ4n) is 3.80. The lowest BCUT2D eigenvalue weighted by Crippen LogP contribution is -1.92. The molecule has 0 aliphatic carbocycles. The van der Waals surface area contributed by atoms with Gasteiger partial charge in [0.1, 0.15) is 0 Å². The summed E-state index contributed by atoms with van der Waals surface area (Å²) in [5.74, 6) is 0. The Morgan fingerprint density at radius 3 is 1.93 bits per heavy atom. The summed E-state index contributed by atoms with van der Waals surface area (Å²) in [5, 5.41) is 3.48. The second kappa shape index (κ2) is 8.84. The van der Waals surface area contributed by atoms with Crippen molar-refractivity contribution in [2.45, 2.75) is 20.8 Å². The Hall–Kier alpha value is -3.58. The summed E-state index contributed by atoms with van der Waals surface area (Å²) >= 11 is 0. The van der Waals surface area contributed by atoms with E-state index in [4.69, 9.17) is 0 Å². The van der Waals surface area contributed by atoms with Crippen molar-refractivity contribution in [3.63, 3.8) is 0 Å². The number of nitrogens with one attached hydrogen (secondary N) is 1. The van der Waals surface area contributed by atoms with Crippen LogP contribution in [0, 0.1) is 20.8 Å². The predicted octanol–water partition coefficient (Wildman–Crippen LogP) is 7.94. The van der Waals surface area contributed by atoms with Gasteiger partial charge in [0.15, 0.2) is 0 Å². The van der Waals surface area contributed by atoms with Crippen LogP contribution in [0.1, 0.15) is 33.4 Å². The maximum absolute atomic E-state index is 3.48. The zero-order valence-electron chi connectivity index (χ0n) is 17.8. The number of benzene rings is 4. The molecular formula is C29H27N. The third-order valence-electron chi connectivity index (χ3n) is 5.15. The molecule has 30 heavy (non-hydrogen) atoms. The summed E-state index contributed by atoms with van der Waals surface area (Å²) in [5.41, 5.74) is 10.9. The van der Waals surface area contributed by atoms with Crippen molar-refractivity contribution < 1.29 is 0 Å². The van der Waals surface area contributed by atoms with E-state index < -0.39 is 0 Å². The Kier molecular flexibility index (Phi) is 5.81. The molecule has 148 valence electrons. The van der Waals surface area contributed by atoms with Gasteiger partial charge in [0.2, 0.25) is 0 Å². The van der Waals surface area contributed by atoms with Crippen LogP contribution in [0.2, 0.25) is 0 Å². The molecule has 0 saturated heterocycles. The topological polar surface area (TPSA) is 12.0 Å². The van der Waals surface area contributed by atoms with Crippen LogP contribution in [0.15, 0.2) is 97.1 Å². The van der Waals surface area contributed by atoms with E-state index in [1.54, 1.807) is 0 Å².